The standard InChI is InChI=1S/C14H25N3O2/c1-10-11(5-4-6-12(10)15)14(19)16-9-13(18)17-7-2-3-8-17/h10-12H,2-9,15H2,1H3,(H,16,19). The van der Waals surface area contributed by atoms with Crippen LogP contribution in [-0.2, 0) is 9.59 Å². The Bertz CT molecular complexity index is 340. The molecule has 2 aliphatic rings. The summed E-state index contributed by atoms with van der Waals surface area (Å²) < 4.78 is 0. The molecule has 0 spiro atoms. The smallest absolute Gasteiger partial charge is 0.241 e. The number of likely N-dealkylation sites (tertiary alicyclic amines) is 1. The van der Waals surface area contributed by atoms with Crippen LogP contribution in [0.15, 0.2) is 0 Å². The van der Waals surface area contributed by atoms with Crippen LogP contribution in [0, 0.1) is 11.8 Å². The van der Waals surface area contributed by atoms with Crippen molar-refractivity contribution in [1.82, 2.24) is 10.2 Å². The van der Waals surface area contributed by atoms with Crippen molar-refractivity contribution in [3.63, 3.8) is 0 Å². The average Bonchev–Trinajstić information content (AvgIpc) is 2.93. The van der Waals surface area contributed by atoms with Crippen molar-refractivity contribution in [3.8, 4) is 0 Å². The zero-order valence-corrected chi connectivity index (χ0v) is 11.7. The Morgan fingerprint density at radius 2 is 1.89 bits per heavy atom. The fourth-order valence-corrected chi connectivity index (χ4v) is 3.14. The molecule has 1 saturated carbocycles. The van der Waals surface area contributed by atoms with Crippen molar-refractivity contribution in [3.05, 3.63) is 0 Å². The van der Waals surface area contributed by atoms with E-state index in [1.54, 1.807) is 0 Å². The molecular weight excluding hydrogens is 242 g/mol. The van der Waals surface area contributed by atoms with Gasteiger partial charge in [0.1, 0.15) is 0 Å². The van der Waals surface area contributed by atoms with E-state index in [1.807, 2.05) is 11.8 Å². The fourth-order valence-electron chi connectivity index (χ4n) is 3.14. The number of nitrogens with zero attached hydrogens (tertiary/aromatic N) is 1. The van der Waals surface area contributed by atoms with Gasteiger partial charge in [0, 0.05) is 25.0 Å². The highest BCUT2D eigenvalue weighted by Crippen LogP contribution is 2.28. The molecule has 19 heavy (non-hydrogen) atoms. The summed E-state index contributed by atoms with van der Waals surface area (Å²) in [6, 6.07) is 0.110. The molecule has 5 heteroatoms. The van der Waals surface area contributed by atoms with Crippen LogP contribution in [0.3, 0.4) is 0 Å². The molecule has 1 heterocycles. The second-order valence-electron chi connectivity index (χ2n) is 5.87. The van der Waals surface area contributed by atoms with Gasteiger partial charge in [0.25, 0.3) is 0 Å². The first-order valence-electron chi connectivity index (χ1n) is 7.40. The number of nitrogens with two attached hydrogens (primary N) is 1. The summed E-state index contributed by atoms with van der Waals surface area (Å²) in [6.45, 7) is 3.84. The van der Waals surface area contributed by atoms with E-state index in [9.17, 15) is 9.59 Å². The molecular formula is C14H25N3O2. The van der Waals surface area contributed by atoms with E-state index in [0.717, 1.165) is 45.2 Å². The summed E-state index contributed by atoms with van der Waals surface area (Å²) in [6.07, 6.45) is 5.04. The lowest BCUT2D eigenvalue weighted by molar-refractivity contribution is -0.134. The van der Waals surface area contributed by atoms with E-state index < -0.39 is 0 Å². The van der Waals surface area contributed by atoms with Gasteiger partial charge in [-0.2, -0.15) is 0 Å². The van der Waals surface area contributed by atoms with E-state index in [2.05, 4.69) is 5.32 Å². The number of nitrogens with one attached hydrogen (secondary N) is 1. The molecule has 0 aromatic rings. The molecule has 0 radical (unpaired) electrons. The number of rotatable bonds is 3. The van der Waals surface area contributed by atoms with Crippen LogP contribution in [0.1, 0.15) is 39.0 Å². The maximum Gasteiger partial charge on any atom is 0.241 e. The first kappa shape index (κ1) is 14.3. The van der Waals surface area contributed by atoms with Gasteiger partial charge in [-0.1, -0.05) is 13.3 Å². The first-order chi connectivity index (χ1) is 9.09. The lowest BCUT2D eigenvalue weighted by atomic mass is 9.77. The lowest BCUT2D eigenvalue weighted by Gasteiger charge is -2.32. The number of carbonyl (C=O) groups is 2. The molecule has 3 unspecified atom stereocenters. The summed E-state index contributed by atoms with van der Waals surface area (Å²) in [5.74, 6) is 0.208. The maximum atomic E-state index is 12.1. The lowest BCUT2D eigenvalue weighted by Crippen LogP contribution is -2.46. The van der Waals surface area contributed by atoms with Gasteiger partial charge in [0.05, 0.1) is 6.54 Å². The molecule has 2 amide bonds. The number of hydrogen-bond donors (Lipinski definition) is 2. The zero-order valence-electron chi connectivity index (χ0n) is 11.7. The van der Waals surface area contributed by atoms with Crippen molar-refractivity contribution < 1.29 is 9.59 Å². The molecule has 3 atom stereocenters. The van der Waals surface area contributed by atoms with E-state index in [0.29, 0.717) is 0 Å². The van der Waals surface area contributed by atoms with Gasteiger partial charge >= 0.3 is 0 Å². The predicted molar refractivity (Wildman–Crippen MR) is 73.3 cm³/mol. The van der Waals surface area contributed by atoms with Crippen LogP contribution in [0.2, 0.25) is 0 Å². The Morgan fingerprint density at radius 1 is 1.21 bits per heavy atom. The van der Waals surface area contributed by atoms with Gasteiger partial charge in [-0.15, -0.1) is 0 Å². The van der Waals surface area contributed by atoms with Gasteiger partial charge in [-0.25, -0.2) is 0 Å². The van der Waals surface area contributed by atoms with Gasteiger partial charge in [-0.05, 0) is 31.6 Å². The van der Waals surface area contributed by atoms with Crippen LogP contribution in [0.25, 0.3) is 0 Å². The molecule has 5 nitrogen and oxygen atoms in total. The third-order valence-electron chi connectivity index (χ3n) is 4.57. The van der Waals surface area contributed by atoms with Gasteiger partial charge in [0.2, 0.25) is 11.8 Å². The normalized spacial score (nSPS) is 31.3. The average molecular weight is 267 g/mol. The molecule has 0 bridgehead atoms. The maximum absolute atomic E-state index is 12.1. The molecule has 0 aromatic carbocycles. The fraction of sp³-hybridized carbons (Fsp3) is 0.857. The van der Waals surface area contributed by atoms with E-state index in [4.69, 9.17) is 5.73 Å². The highest BCUT2D eigenvalue weighted by molar-refractivity contribution is 5.86. The van der Waals surface area contributed by atoms with Gasteiger partial charge in [-0.3, -0.25) is 9.59 Å². The van der Waals surface area contributed by atoms with Crippen molar-refractivity contribution in [2.45, 2.75) is 45.1 Å². The van der Waals surface area contributed by atoms with Crippen LogP contribution in [0.5, 0.6) is 0 Å². The minimum atomic E-state index is -0.0323. The quantitative estimate of drug-likeness (QED) is 0.781. The largest absolute Gasteiger partial charge is 0.347 e. The van der Waals surface area contributed by atoms with Crippen molar-refractivity contribution in [2.75, 3.05) is 19.6 Å². The summed E-state index contributed by atoms with van der Waals surface area (Å²) in [5, 5.41) is 2.79. The Balaban J connectivity index is 1.78. The molecule has 3 N–H and O–H groups in total. The summed E-state index contributed by atoms with van der Waals surface area (Å²) in [4.78, 5) is 25.8. The van der Waals surface area contributed by atoms with E-state index in [1.165, 1.54) is 0 Å². The van der Waals surface area contributed by atoms with E-state index >= 15 is 0 Å². The Hall–Kier alpha value is -1.10. The summed E-state index contributed by atoms with van der Waals surface area (Å²) >= 11 is 0. The second kappa shape index (κ2) is 6.37. The molecule has 0 aromatic heterocycles. The van der Waals surface area contributed by atoms with Crippen LogP contribution in [0.4, 0.5) is 0 Å². The minimum Gasteiger partial charge on any atom is -0.347 e. The molecule has 1 saturated heterocycles. The van der Waals surface area contributed by atoms with Crippen molar-refractivity contribution >= 4 is 11.8 Å². The Morgan fingerprint density at radius 3 is 2.58 bits per heavy atom. The molecule has 2 fully saturated rings. The van der Waals surface area contributed by atoms with Crippen molar-refractivity contribution in [1.29, 1.82) is 0 Å². The van der Waals surface area contributed by atoms with Crippen LogP contribution < -0.4 is 11.1 Å². The predicted octanol–water partition coefficient (Wildman–Crippen LogP) is 0.489. The monoisotopic (exact) mass is 267 g/mol. The topological polar surface area (TPSA) is 75.4 Å². The van der Waals surface area contributed by atoms with Gasteiger partial charge in [0.15, 0.2) is 0 Å². The van der Waals surface area contributed by atoms with E-state index in [-0.39, 0.29) is 36.2 Å². The summed E-state index contributed by atoms with van der Waals surface area (Å²) in [7, 11) is 0. The number of carbonyl (C=O) groups excluding carboxylic acids is 2. The van der Waals surface area contributed by atoms with Gasteiger partial charge < -0.3 is 16.0 Å². The molecule has 1 aliphatic heterocycles. The third-order valence-corrected chi connectivity index (χ3v) is 4.57. The first-order valence-corrected chi connectivity index (χ1v) is 7.40. The highest BCUT2D eigenvalue weighted by Gasteiger charge is 2.32. The molecule has 108 valence electrons. The Labute approximate surface area is 114 Å². The third kappa shape index (κ3) is 3.47. The zero-order chi connectivity index (χ0) is 13.8. The minimum absolute atomic E-state index is 0.00445. The molecule has 1 aliphatic carbocycles. The van der Waals surface area contributed by atoms with Crippen molar-refractivity contribution in [2.24, 2.45) is 17.6 Å². The summed E-state index contributed by atoms with van der Waals surface area (Å²) in [5.41, 5.74) is 6.01. The number of hydrogen-bond acceptors (Lipinski definition) is 3. The number of amides is 2. The Kier molecular flexibility index (Phi) is 4.80. The van der Waals surface area contributed by atoms with Crippen LogP contribution >= 0.6 is 0 Å². The van der Waals surface area contributed by atoms with Crippen LogP contribution in [-0.4, -0.2) is 42.4 Å². The highest BCUT2D eigenvalue weighted by atomic mass is 16.2. The molecule has 2 rings (SSSR count). The SMILES string of the molecule is CC1C(N)CCCC1C(=O)NCC(=O)N1CCCC1. The second-order valence-corrected chi connectivity index (χ2v) is 5.87.